The first kappa shape index (κ1) is 29.2. The highest BCUT2D eigenvalue weighted by Gasteiger charge is 2.43. The minimum atomic E-state index is -1.26. The lowest BCUT2D eigenvalue weighted by molar-refractivity contribution is -0.154. The van der Waals surface area contributed by atoms with Crippen LogP contribution >= 0.6 is 11.6 Å². The van der Waals surface area contributed by atoms with Crippen molar-refractivity contribution in [3.8, 4) is 0 Å². The number of carbonyl (C=O) groups is 2. The van der Waals surface area contributed by atoms with E-state index in [9.17, 15) is 19.8 Å². The van der Waals surface area contributed by atoms with Crippen LogP contribution in [0.5, 0.6) is 0 Å². The topological polar surface area (TPSA) is 96.7 Å². The van der Waals surface area contributed by atoms with E-state index < -0.39 is 35.6 Å². The number of ether oxygens (including phenoxy) is 1. The molecule has 0 bridgehead atoms. The molecule has 0 radical (unpaired) electrons. The fraction of sp³-hybridized carbons (Fsp3) is 0.607. The van der Waals surface area contributed by atoms with Crippen LogP contribution in [0.3, 0.4) is 0 Å². The van der Waals surface area contributed by atoms with E-state index in [0.717, 1.165) is 24.8 Å². The summed E-state index contributed by atoms with van der Waals surface area (Å²) in [6, 6.07) is 5.45. The maximum atomic E-state index is 13.4. The Balaban J connectivity index is 2.36. The Morgan fingerprint density at radius 1 is 1.29 bits per heavy atom. The van der Waals surface area contributed by atoms with Crippen molar-refractivity contribution >= 4 is 29.4 Å². The van der Waals surface area contributed by atoms with Gasteiger partial charge in [-0.25, -0.2) is 0 Å². The molecular formula is C28H40ClNO5. The molecule has 1 aliphatic rings. The molecule has 0 saturated carbocycles. The fourth-order valence-electron chi connectivity index (χ4n) is 4.44. The molecule has 0 aliphatic carbocycles. The first-order chi connectivity index (χ1) is 16.5. The van der Waals surface area contributed by atoms with Gasteiger partial charge in [0.1, 0.15) is 11.9 Å². The zero-order valence-corrected chi connectivity index (χ0v) is 22.3. The summed E-state index contributed by atoms with van der Waals surface area (Å²) in [5.41, 5.74) is 0.551. The van der Waals surface area contributed by atoms with E-state index >= 15 is 0 Å². The standard InChI is InChI=1S/C28H40ClNO5/c1-6-21-26(33)19(3)11-9-10-18(2)13-14-23(22(29)16-20-12-7-8-15-30-20)35-25(32)17-24(31)28(4,5)27(21)34/h7-8,12-13,15-16,19,21,23-24,26,31,33H,6,9-11,14,17H2,1-5H3/t19-,21+,23-,24-,26-/m0/s1. The van der Waals surface area contributed by atoms with E-state index in [1.54, 1.807) is 38.3 Å². The fourth-order valence-corrected chi connectivity index (χ4v) is 4.68. The van der Waals surface area contributed by atoms with Crippen LogP contribution in [0.25, 0.3) is 6.08 Å². The van der Waals surface area contributed by atoms with Gasteiger partial charge in [-0.1, -0.05) is 57.0 Å². The average molecular weight is 506 g/mol. The Morgan fingerprint density at radius 2 is 2.00 bits per heavy atom. The minimum Gasteiger partial charge on any atom is -0.456 e. The van der Waals surface area contributed by atoms with E-state index in [-0.39, 0.29) is 18.1 Å². The number of allylic oxidation sites excluding steroid dienone is 1. The van der Waals surface area contributed by atoms with Crippen LogP contribution in [-0.2, 0) is 14.3 Å². The molecule has 5 atom stereocenters. The summed E-state index contributed by atoms with van der Waals surface area (Å²) in [7, 11) is 0. The van der Waals surface area contributed by atoms with Gasteiger partial charge in [0.15, 0.2) is 0 Å². The highest BCUT2D eigenvalue weighted by Crippen LogP contribution is 2.34. The molecule has 1 aliphatic heterocycles. The van der Waals surface area contributed by atoms with Gasteiger partial charge in [-0.3, -0.25) is 14.6 Å². The first-order valence-electron chi connectivity index (χ1n) is 12.5. The Morgan fingerprint density at radius 3 is 2.63 bits per heavy atom. The van der Waals surface area contributed by atoms with E-state index in [2.05, 4.69) is 4.98 Å². The van der Waals surface area contributed by atoms with Crippen molar-refractivity contribution in [1.82, 2.24) is 4.98 Å². The molecule has 0 unspecified atom stereocenters. The predicted octanol–water partition coefficient (Wildman–Crippen LogP) is 5.46. The number of Topliss-reactive ketones (excluding diaryl/α,β-unsaturated/α-hetero) is 1. The average Bonchev–Trinajstić information content (AvgIpc) is 2.81. The first-order valence-corrected chi connectivity index (χ1v) is 12.9. The second-order valence-corrected chi connectivity index (χ2v) is 10.7. The number of esters is 1. The molecule has 6 nitrogen and oxygen atoms in total. The van der Waals surface area contributed by atoms with Gasteiger partial charge in [0.2, 0.25) is 0 Å². The number of aliphatic hydroxyl groups is 2. The van der Waals surface area contributed by atoms with E-state index in [4.69, 9.17) is 16.3 Å². The monoisotopic (exact) mass is 505 g/mol. The molecule has 0 fully saturated rings. The van der Waals surface area contributed by atoms with Gasteiger partial charge < -0.3 is 14.9 Å². The normalized spacial score (nSPS) is 29.9. The Hall–Kier alpha value is -2.02. The number of nitrogens with zero attached hydrogens (tertiary/aromatic N) is 1. The number of aromatic nitrogens is 1. The van der Waals surface area contributed by atoms with Gasteiger partial charge in [-0.2, -0.15) is 0 Å². The van der Waals surface area contributed by atoms with Crippen LogP contribution in [-0.4, -0.2) is 45.3 Å². The molecule has 2 heterocycles. The Labute approximate surface area is 214 Å². The van der Waals surface area contributed by atoms with Gasteiger partial charge in [-0.05, 0) is 56.7 Å². The van der Waals surface area contributed by atoms with Crippen LogP contribution in [0.2, 0.25) is 0 Å². The number of pyridine rings is 1. The summed E-state index contributed by atoms with van der Waals surface area (Å²) in [5, 5.41) is 22.1. The summed E-state index contributed by atoms with van der Waals surface area (Å²) in [5.74, 6) is -1.56. The maximum absolute atomic E-state index is 13.4. The third kappa shape index (κ3) is 8.26. The number of rotatable bonds is 3. The van der Waals surface area contributed by atoms with Crippen molar-refractivity contribution < 1.29 is 24.5 Å². The molecule has 0 saturated heterocycles. The van der Waals surface area contributed by atoms with Gasteiger partial charge in [0.05, 0.1) is 34.8 Å². The largest absolute Gasteiger partial charge is 0.456 e. The van der Waals surface area contributed by atoms with E-state index in [0.29, 0.717) is 23.6 Å². The van der Waals surface area contributed by atoms with Crippen molar-refractivity contribution in [3.63, 3.8) is 0 Å². The van der Waals surface area contributed by atoms with Gasteiger partial charge in [-0.15, -0.1) is 0 Å². The number of carbonyl (C=O) groups excluding carboxylic acids is 2. The molecule has 2 rings (SSSR count). The Kier molecular flexibility index (Phi) is 11.1. The summed E-state index contributed by atoms with van der Waals surface area (Å²) >= 11 is 6.57. The molecule has 0 spiro atoms. The summed E-state index contributed by atoms with van der Waals surface area (Å²) in [6.07, 6.45) is 5.49. The van der Waals surface area contributed by atoms with Crippen LogP contribution in [0.1, 0.15) is 78.8 Å². The number of ketones is 1. The lowest BCUT2D eigenvalue weighted by atomic mass is 9.71. The highest BCUT2D eigenvalue weighted by atomic mass is 35.5. The maximum Gasteiger partial charge on any atom is 0.309 e. The molecule has 1 aromatic rings. The van der Waals surface area contributed by atoms with Crippen LogP contribution in [0, 0.1) is 17.3 Å². The molecule has 194 valence electrons. The van der Waals surface area contributed by atoms with Crippen LogP contribution < -0.4 is 0 Å². The van der Waals surface area contributed by atoms with Crippen molar-refractivity contribution in [2.45, 2.75) is 91.5 Å². The van der Waals surface area contributed by atoms with E-state index in [1.807, 2.05) is 32.9 Å². The lowest BCUT2D eigenvalue weighted by Gasteiger charge is -2.35. The number of hydrogen-bond acceptors (Lipinski definition) is 6. The molecule has 0 amide bonds. The second-order valence-electron chi connectivity index (χ2n) is 10.2. The van der Waals surface area contributed by atoms with Crippen molar-refractivity contribution in [2.75, 3.05) is 0 Å². The van der Waals surface area contributed by atoms with Crippen LogP contribution in [0.15, 0.2) is 41.1 Å². The minimum absolute atomic E-state index is 0.0639. The molecule has 2 N–H and O–H groups in total. The smallest absolute Gasteiger partial charge is 0.309 e. The zero-order valence-electron chi connectivity index (χ0n) is 21.5. The summed E-state index contributed by atoms with van der Waals surface area (Å²) < 4.78 is 5.69. The third-order valence-corrected chi connectivity index (χ3v) is 7.42. The molecular weight excluding hydrogens is 466 g/mol. The van der Waals surface area contributed by atoms with Crippen LogP contribution in [0.4, 0.5) is 0 Å². The van der Waals surface area contributed by atoms with Crippen molar-refractivity contribution in [2.24, 2.45) is 17.3 Å². The second kappa shape index (κ2) is 13.3. The number of cyclic esters (lactones) is 1. The highest BCUT2D eigenvalue weighted by molar-refractivity contribution is 6.32. The summed E-state index contributed by atoms with van der Waals surface area (Å²) in [6.45, 7) is 9.08. The van der Waals surface area contributed by atoms with Crippen molar-refractivity contribution in [3.05, 3.63) is 46.8 Å². The Bertz CT molecular complexity index is 911. The number of aliphatic hydroxyl groups excluding tert-OH is 2. The van der Waals surface area contributed by atoms with E-state index in [1.165, 1.54) is 0 Å². The molecule has 1 aromatic heterocycles. The number of halogens is 1. The summed E-state index contributed by atoms with van der Waals surface area (Å²) in [4.78, 5) is 30.5. The lowest BCUT2D eigenvalue weighted by Crippen LogP contribution is -2.46. The van der Waals surface area contributed by atoms with Gasteiger partial charge in [0, 0.05) is 18.5 Å². The van der Waals surface area contributed by atoms with Crippen molar-refractivity contribution in [1.29, 1.82) is 0 Å². The third-order valence-electron chi connectivity index (χ3n) is 7.07. The molecule has 7 heteroatoms. The zero-order chi connectivity index (χ0) is 26.2. The molecule has 0 aromatic carbocycles. The quantitative estimate of drug-likeness (QED) is 0.418. The van der Waals surface area contributed by atoms with Gasteiger partial charge in [0.25, 0.3) is 0 Å². The SMILES string of the molecule is CC[C@H]1C(=O)C(C)(C)[C@@H](O)CC(=O)O[C@H](C(Cl)=Cc2ccccn2)CC=C(C)CCC[C@H](C)[C@@H]1O. The molecule has 35 heavy (non-hydrogen) atoms. The van der Waals surface area contributed by atoms with Gasteiger partial charge >= 0.3 is 5.97 Å². The predicted molar refractivity (Wildman–Crippen MR) is 139 cm³/mol. The number of hydrogen-bond donors (Lipinski definition) is 2.